The summed E-state index contributed by atoms with van der Waals surface area (Å²) in [6, 6.07) is 3.57. The Labute approximate surface area is 114 Å². The first-order valence-corrected chi connectivity index (χ1v) is 5.84. The Balaban J connectivity index is 0.000000180. The minimum Gasteiger partial charge on any atom is -0.495 e. The number of hydrogen-bond donors (Lipinski definition) is 1. The summed E-state index contributed by atoms with van der Waals surface area (Å²) in [6.45, 7) is 0. The van der Waals surface area contributed by atoms with Crippen LogP contribution < -0.4 is 15.2 Å². The van der Waals surface area contributed by atoms with Crippen LogP contribution in [0.1, 0.15) is 0 Å². The predicted octanol–water partition coefficient (Wildman–Crippen LogP) is 2.53. The summed E-state index contributed by atoms with van der Waals surface area (Å²) in [5.74, 6) is 1.46. The molecule has 2 N–H and O–H groups in total. The van der Waals surface area contributed by atoms with Gasteiger partial charge in [-0.25, -0.2) is 0 Å². The molecular weight excluding hydrogens is 298 g/mol. The van der Waals surface area contributed by atoms with Crippen LogP contribution in [-0.2, 0) is 0 Å². The molecule has 0 aliphatic rings. The molecule has 2 heterocycles. The molecule has 0 spiro atoms. The number of rotatable bonds is 2. The molecule has 0 unspecified atom stereocenters. The minimum absolute atomic E-state index is 0.620. The molecule has 2 rings (SSSR count). The number of methoxy groups -OCH3 is 2. The van der Waals surface area contributed by atoms with E-state index in [4.69, 9.17) is 15.2 Å². The molecule has 0 saturated heterocycles. The van der Waals surface area contributed by atoms with Crippen molar-refractivity contribution < 1.29 is 9.47 Å². The molecular formula is C12H14BrN3O2. The van der Waals surface area contributed by atoms with Crippen LogP contribution in [-0.4, -0.2) is 24.2 Å². The van der Waals surface area contributed by atoms with Gasteiger partial charge in [-0.2, -0.15) is 0 Å². The lowest BCUT2D eigenvalue weighted by atomic mass is 10.4. The first-order valence-electron chi connectivity index (χ1n) is 5.04. The molecule has 0 aliphatic carbocycles. The van der Waals surface area contributed by atoms with Gasteiger partial charge >= 0.3 is 0 Å². The van der Waals surface area contributed by atoms with Crippen molar-refractivity contribution in [3.63, 3.8) is 0 Å². The van der Waals surface area contributed by atoms with Crippen LogP contribution in [0.15, 0.2) is 41.4 Å². The van der Waals surface area contributed by atoms with E-state index in [1.807, 2.05) is 6.07 Å². The molecule has 0 fully saturated rings. The lowest BCUT2D eigenvalue weighted by molar-refractivity contribution is 0.412. The van der Waals surface area contributed by atoms with Crippen molar-refractivity contribution in [2.24, 2.45) is 0 Å². The van der Waals surface area contributed by atoms with E-state index in [-0.39, 0.29) is 0 Å². The maximum atomic E-state index is 5.39. The third-order valence-corrected chi connectivity index (χ3v) is 2.32. The molecule has 0 bridgehead atoms. The number of ether oxygens (including phenoxy) is 2. The summed E-state index contributed by atoms with van der Waals surface area (Å²) in [5, 5.41) is 0. The van der Waals surface area contributed by atoms with E-state index in [1.54, 1.807) is 45.1 Å². The van der Waals surface area contributed by atoms with E-state index in [1.165, 1.54) is 0 Å². The van der Waals surface area contributed by atoms with Crippen molar-refractivity contribution in [3.8, 4) is 11.5 Å². The van der Waals surface area contributed by atoms with E-state index in [9.17, 15) is 0 Å². The van der Waals surface area contributed by atoms with Crippen LogP contribution in [0.5, 0.6) is 11.5 Å². The van der Waals surface area contributed by atoms with Gasteiger partial charge in [0.15, 0.2) is 0 Å². The van der Waals surface area contributed by atoms with Gasteiger partial charge in [0.1, 0.15) is 11.5 Å². The number of aromatic nitrogens is 2. The zero-order chi connectivity index (χ0) is 13.4. The summed E-state index contributed by atoms with van der Waals surface area (Å²) in [7, 11) is 3.19. The second-order valence-corrected chi connectivity index (χ2v) is 4.12. The Bertz CT molecular complexity index is 449. The molecule has 2 aromatic heterocycles. The standard InChI is InChI=1S/C6H6BrNO.C6H8N2O/c2*1-9-6-2-5(7)3-8-4-6/h2-4H,1H3;2-4H,7H2,1H3. The van der Waals surface area contributed by atoms with Crippen molar-refractivity contribution in [1.82, 2.24) is 9.97 Å². The molecule has 0 aliphatic heterocycles. The van der Waals surface area contributed by atoms with Crippen molar-refractivity contribution in [2.45, 2.75) is 0 Å². The minimum atomic E-state index is 0.620. The van der Waals surface area contributed by atoms with Gasteiger partial charge in [-0.1, -0.05) is 0 Å². The molecule has 0 amide bonds. The number of nitrogens with zero attached hydrogens (tertiary/aromatic N) is 2. The average Bonchev–Trinajstić information content (AvgIpc) is 2.39. The number of anilines is 1. The van der Waals surface area contributed by atoms with E-state index < -0.39 is 0 Å². The van der Waals surface area contributed by atoms with Crippen molar-refractivity contribution >= 4 is 21.6 Å². The first kappa shape index (κ1) is 14.2. The Morgan fingerprint density at radius 3 is 1.89 bits per heavy atom. The van der Waals surface area contributed by atoms with Gasteiger partial charge in [-0.3, -0.25) is 9.97 Å². The fraction of sp³-hybridized carbons (Fsp3) is 0.167. The molecule has 6 heteroatoms. The lowest BCUT2D eigenvalue weighted by Gasteiger charge is -1.97. The highest BCUT2D eigenvalue weighted by Crippen LogP contribution is 2.14. The molecule has 2 aromatic rings. The number of hydrogen-bond acceptors (Lipinski definition) is 5. The SMILES string of the molecule is COc1cncc(Br)c1.COc1cncc(N)c1. The zero-order valence-corrected chi connectivity index (χ0v) is 11.7. The molecule has 0 atom stereocenters. The highest BCUT2D eigenvalue weighted by molar-refractivity contribution is 9.10. The Kier molecular flexibility index (Phi) is 5.93. The van der Waals surface area contributed by atoms with Crippen LogP contribution in [0.3, 0.4) is 0 Å². The summed E-state index contributed by atoms with van der Waals surface area (Å²) in [5.41, 5.74) is 6.01. The third kappa shape index (κ3) is 5.01. The van der Waals surface area contributed by atoms with Crippen LogP contribution in [0.4, 0.5) is 5.69 Å². The topological polar surface area (TPSA) is 70.3 Å². The fourth-order valence-electron chi connectivity index (χ4n) is 1.05. The maximum absolute atomic E-state index is 5.39. The normalized spacial score (nSPS) is 9.06. The predicted molar refractivity (Wildman–Crippen MR) is 73.7 cm³/mol. The monoisotopic (exact) mass is 311 g/mol. The summed E-state index contributed by atoms with van der Waals surface area (Å²) in [4.78, 5) is 7.69. The van der Waals surface area contributed by atoms with Gasteiger partial charge in [-0.15, -0.1) is 0 Å². The number of nitrogens with two attached hydrogens (primary N) is 1. The largest absolute Gasteiger partial charge is 0.495 e. The molecule has 5 nitrogen and oxygen atoms in total. The van der Waals surface area contributed by atoms with Gasteiger partial charge in [0.25, 0.3) is 0 Å². The second kappa shape index (κ2) is 7.50. The van der Waals surface area contributed by atoms with Gasteiger partial charge < -0.3 is 15.2 Å². The van der Waals surface area contributed by atoms with Gasteiger partial charge in [-0.05, 0) is 22.0 Å². The van der Waals surface area contributed by atoms with Crippen molar-refractivity contribution in [2.75, 3.05) is 20.0 Å². The summed E-state index contributed by atoms with van der Waals surface area (Å²) >= 11 is 3.26. The summed E-state index contributed by atoms with van der Waals surface area (Å²) < 4.78 is 10.7. The first-order chi connectivity index (χ1) is 8.65. The Morgan fingerprint density at radius 1 is 0.944 bits per heavy atom. The lowest BCUT2D eigenvalue weighted by Crippen LogP contribution is -1.88. The van der Waals surface area contributed by atoms with E-state index >= 15 is 0 Å². The van der Waals surface area contributed by atoms with Gasteiger partial charge in [0.05, 0.1) is 38.5 Å². The van der Waals surface area contributed by atoms with E-state index in [0.29, 0.717) is 11.4 Å². The molecule has 0 radical (unpaired) electrons. The zero-order valence-electron chi connectivity index (χ0n) is 10.1. The van der Waals surface area contributed by atoms with Crippen LogP contribution >= 0.6 is 15.9 Å². The maximum Gasteiger partial charge on any atom is 0.139 e. The highest BCUT2D eigenvalue weighted by atomic mass is 79.9. The van der Waals surface area contributed by atoms with E-state index in [2.05, 4.69) is 25.9 Å². The smallest absolute Gasteiger partial charge is 0.139 e. The second-order valence-electron chi connectivity index (χ2n) is 3.20. The highest BCUT2D eigenvalue weighted by Gasteiger charge is 1.89. The van der Waals surface area contributed by atoms with Crippen molar-refractivity contribution in [1.29, 1.82) is 0 Å². The Hall–Kier alpha value is -1.82. The molecule has 0 saturated carbocycles. The number of nitrogen functional groups attached to an aromatic ring is 1. The third-order valence-electron chi connectivity index (χ3n) is 1.89. The quantitative estimate of drug-likeness (QED) is 0.922. The van der Waals surface area contributed by atoms with Gasteiger partial charge in [0.2, 0.25) is 0 Å². The van der Waals surface area contributed by atoms with Gasteiger partial charge in [0, 0.05) is 16.7 Å². The van der Waals surface area contributed by atoms with Crippen LogP contribution in [0.2, 0.25) is 0 Å². The molecule has 0 aromatic carbocycles. The Morgan fingerprint density at radius 2 is 1.50 bits per heavy atom. The van der Waals surface area contributed by atoms with Crippen LogP contribution in [0.25, 0.3) is 0 Å². The molecule has 96 valence electrons. The number of halogens is 1. The van der Waals surface area contributed by atoms with Crippen LogP contribution in [0, 0.1) is 0 Å². The van der Waals surface area contributed by atoms with E-state index in [0.717, 1.165) is 10.2 Å². The van der Waals surface area contributed by atoms with Crippen molar-refractivity contribution in [3.05, 3.63) is 41.4 Å². The number of pyridine rings is 2. The summed E-state index contributed by atoms with van der Waals surface area (Å²) in [6.07, 6.45) is 6.55. The fourth-order valence-corrected chi connectivity index (χ4v) is 1.40. The average molecular weight is 312 g/mol. The molecule has 18 heavy (non-hydrogen) atoms.